The first-order chi connectivity index (χ1) is 6.34. The fraction of sp³-hybridized carbons (Fsp3) is 0.667. The molecule has 1 aromatic rings. The van der Waals surface area contributed by atoms with E-state index in [9.17, 15) is 0 Å². The lowest BCUT2D eigenvalue weighted by Gasteiger charge is -2.21. The van der Waals surface area contributed by atoms with Crippen molar-refractivity contribution in [2.75, 3.05) is 12.3 Å². The van der Waals surface area contributed by atoms with Crippen molar-refractivity contribution in [1.29, 1.82) is 0 Å². The van der Waals surface area contributed by atoms with E-state index in [1.807, 2.05) is 0 Å². The molecule has 0 bridgehead atoms. The van der Waals surface area contributed by atoms with E-state index >= 15 is 0 Å². The van der Waals surface area contributed by atoms with Crippen LogP contribution in [0.2, 0.25) is 0 Å². The van der Waals surface area contributed by atoms with E-state index in [-0.39, 0.29) is 0 Å². The van der Waals surface area contributed by atoms with Crippen molar-refractivity contribution in [3.8, 4) is 0 Å². The average Bonchev–Trinajstić information content (AvgIpc) is 2.53. The van der Waals surface area contributed by atoms with E-state index in [4.69, 9.17) is 15.0 Å². The summed E-state index contributed by atoms with van der Waals surface area (Å²) in [5.41, 5.74) is 5.44. The molecule has 4 heteroatoms. The minimum atomic E-state index is 0.293. The minimum absolute atomic E-state index is 0.293. The Balaban J connectivity index is 1.89. The summed E-state index contributed by atoms with van der Waals surface area (Å²) in [5, 5.41) is 3.63. The number of rotatable bonds is 2. The summed E-state index contributed by atoms with van der Waals surface area (Å²) in [7, 11) is 0. The highest BCUT2D eigenvalue weighted by molar-refractivity contribution is 5.26. The summed E-state index contributed by atoms with van der Waals surface area (Å²) in [5.74, 6) is 1.27. The van der Waals surface area contributed by atoms with Crippen molar-refractivity contribution >= 4 is 5.82 Å². The maximum atomic E-state index is 5.56. The van der Waals surface area contributed by atoms with Crippen LogP contribution >= 0.6 is 0 Å². The van der Waals surface area contributed by atoms with Gasteiger partial charge in [-0.15, -0.1) is 0 Å². The summed E-state index contributed by atoms with van der Waals surface area (Å²) in [6.07, 6.45) is 4.62. The van der Waals surface area contributed by atoms with Gasteiger partial charge in [0.2, 0.25) is 0 Å². The molecular formula is C9H14N2O2. The van der Waals surface area contributed by atoms with Crippen molar-refractivity contribution in [3.05, 3.63) is 11.8 Å². The Morgan fingerprint density at radius 2 is 2.46 bits per heavy atom. The Kier molecular flexibility index (Phi) is 2.49. The molecule has 4 nitrogen and oxygen atoms in total. The van der Waals surface area contributed by atoms with Crippen LogP contribution in [0, 0.1) is 0 Å². The van der Waals surface area contributed by atoms with Crippen molar-refractivity contribution in [2.45, 2.75) is 31.8 Å². The van der Waals surface area contributed by atoms with Crippen LogP contribution in [-0.2, 0) is 11.2 Å². The lowest BCUT2D eigenvalue weighted by Crippen LogP contribution is -2.21. The van der Waals surface area contributed by atoms with Gasteiger partial charge in [0.1, 0.15) is 5.76 Å². The molecule has 2 N–H and O–H groups in total. The van der Waals surface area contributed by atoms with E-state index in [1.54, 1.807) is 6.07 Å². The smallest absolute Gasteiger partial charge is 0.167 e. The third-order valence-electron chi connectivity index (χ3n) is 2.28. The molecule has 0 aromatic carbocycles. The molecule has 1 aliphatic rings. The zero-order valence-electron chi connectivity index (χ0n) is 7.53. The first-order valence-corrected chi connectivity index (χ1v) is 4.67. The Bertz CT molecular complexity index is 266. The van der Waals surface area contributed by atoms with Crippen LogP contribution in [0.5, 0.6) is 0 Å². The summed E-state index contributed by atoms with van der Waals surface area (Å²) in [4.78, 5) is 0. The highest BCUT2D eigenvalue weighted by atomic mass is 16.5. The molecule has 0 spiro atoms. The van der Waals surface area contributed by atoms with Crippen molar-refractivity contribution in [1.82, 2.24) is 5.16 Å². The van der Waals surface area contributed by atoms with Crippen LogP contribution in [0.1, 0.15) is 25.0 Å². The molecule has 1 atom stereocenters. The van der Waals surface area contributed by atoms with Gasteiger partial charge in [0, 0.05) is 19.1 Å². The van der Waals surface area contributed by atoms with Crippen molar-refractivity contribution < 1.29 is 9.26 Å². The molecule has 1 saturated heterocycles. The number of nitrogens with zero attached hydrogens (tertiary/aromatic N) is 1. The first kappa shape index (κ1) is 8.56. The Morgan fingerprint density at radius 1 is 1.54 bits per heavy atom. The van der Waals surface area contributed by atoms with Gasteiger partial charge in [-0.05, 0) is 19.3 Å². The third kappa shape index (κ3) is 2.21. The number of anilines is 1. The first-order valence-electron chi connectivity index (χ1n) is 4.67. The molecule has 0 amide bonds. The van der Waals surface area contributed by atoms with Gasteiger partial charge in [-0.25, -0.2) is 0 Å². The third-order valence-corrected chi connectivity index (χ3v) is 2.28. The monoisotopic (exact) mass is 182 g/mol. The van der Waals surface area contributed by atoms with Crippen LogP contribution in [0.4, 0.5) is 5.82 Å². The number of nitrogens with two attached hydrogens (primary N) is 1. The molecule has 1 aromatic heterocycles. The number of ether oxygens (including phenoxy) is 1. The van der Waals surface area contributed by atoms with Gasteiger partial charge >= 0.3 is 0 Å². The second-order valence-corrected chi connectivity index (χ2v) is 3.41. The van der Waals surface area contributed by atoms with Crippen molar-refractivity contribution in [3.63, 3.8) is 0 Å². The molecule has 1 unspecified atom stereocenters. The highest BCUT2D eigenvalue weighted by Gasteiger charge is 2.16. The van der Waals surface area contributed by atoms with E-state index in [1.165, 1.54) is 12.8 Å². The van der Waals surface area contributed by atoms with Crippen LogP contribution in [-0.4, -0.2) is 17.9 Å². The van der Waals surface area contributed by atoms with Crippen LogP contribution in [0.15, 0.2) is 10.6 Å². The topological polar surface area (TPSA) is 61.3 Å². The molecule has 13 heavy (non-hydrogen) atoms. The van der Waals surface area contributed by atoms with Gasteiger partial charge in [-0.3, -0.25) is 0 Å². The summed E-state index contributed by atoms with van der Waals surface area (Å²) in [6, 6.07) is 1.76. The zero-order valence-corrected chi connectivity index (χ0v) is 7.53. The molecule has 1 aliphatic heterocycles. The molecule has 0 radical (unpaired) electrons. The molecular weight excluding hydrogens is 168 g/mol. The highest BCUT2D eigenvalue weighted by Crippen LogP contribution is 2.17. The van der Waals surface area contributed by atoms with Crippen molar-refractivity contribution in [2.24, 2.45) is 0 Å². The summed E-state index contributed by atoms with van der Waals surface area (Å²) >= 11 is 0. The van der Waals surface area contributed by atoms with Gasteiger partial charge in [0.25, 0.3) is 0 Å². The quantitative estimate of drug-likeness (QED) is 0.750. The molecule has 0 saturated carbocycles. The number of hydrogen-bond donors (Lipinski definition) is 1. The van der Waals surface area contributed by atoms with E-state index in [0.717, 1.165) is 25.2 Å². The Morgan fingerprint density at radius 3 is 3.08 bits per heavy atom. The number of nitrogen functional groups attached to an aromatic ring is 1. The van der Waals surface area contributed by atoms with Gasteiger partial charge in [0.15, 0.2) is 5.82 Å². The van der Waals surface area contributed by atoms with E-state index < -0.39 is 0 Å². The minimum Gasteiger partial charge on any atom is -0.381 e. The molecule has 2 heterocycles. The normalized spacial score (nSPS) is 23.2. The zero-order chi connectivity index (χ0) is 9.10. The summed E-state index contributed by atoms with van der Waals surface area (Å²) in [6.45, 7) is 0.869. The Labute approximate surface area is 77.0 Å². The lowest BCUT2D eigenvalue weighted by atomic mass is 10.1. The van der Waals surface area contributed by atoms with Crippen LogP contribution in [0.25, 0.3) is 0 Å². The summed E-state index contributed by atoms with van der Waals surface area (Å²) < 4.78 is 10.6. The second kappa shape index (κ2) is 3.79. The Hall–Kier alpha value is -1.03. The lowest BCUT2D eigenvalue weighted by molar-refractivity contribution is 0.0132. The second-order valence-electron chi connectivity index (χ2n) is 3.41. The standard InChI is InChI=1S/C9H14N2O2/c10-9-6-8(13-11-9)5-7-3-1-2-4-12-7/h6-7H,1-5H2,(H2,10,11). The average molecular weight is 182 g/mol. The predicted octanol–water partition coefficient (Wildman–Crippen LogP) is 1.37. The molecule has 2 rings (SSSR count). The maximum Gasteiger partial charge on any atom is 0.167 e. The van der Waals surface area contributed by atoms with Gasteiger partial charge in [0.05, 0.1) is 6.10 Å². The van der Waals surface area contributed by atoms with Crippen LogP contribution in [0.3, 0.4) is 0 Å². The fourth-order valence-corrected chi connectivity index (χ4v) is 1.62. The maximum absolute atomic E-state index is 5.56. The van der Waals surface area contributed by atoms with E-state index in [2.05, 4.69) is 5.16 Å². The van der Waals surface area contributed by atoms with Gasteiger partial charge in [-0.2, -0.15) is 0 Å². The fourth-order valence-electron chi connectivity index (χ4n) is 1.62. The largest absolute Gasteiger partial charge is 0.381 e. The molecule has 1 fully saturated rings. The number of aromatic nitrogens is 1. The van der Waals surface area contributed by atoms with Gasteiger partial charge < -0.3 is 15.0 Å². The van der Waals surface area contributed by atoms with Crippen LogP contribution < -0.4 is 5.73 Å². The molecule has 0 aliphatic carbocycles. The SMILES string of the molecule is Nc1cc(CC2CCCCO2)on1. The predicted molar refractivity (Wildman–Crippen MR) is 48.2 cm³/mol. The van der Waals surface area contributed by atoms with Gasteiger partial charge in [-0.1, -0.05) is 5.16 Å². The number of hydrogen-bond acceptors (Lipinski definition) is 4. The van der Waals surface area contributed by atoms with E-state index in [0.29, 0.717) is 11.9 Å². The molecule has 72 valence electrons.